The number of ether oxygens (including phenoxy) is 3. The first-order valence-corrected chi connectivity index (χ1v) is 8.58. The molecule has 0 saturated carbocycles. The van der Waals surface area contributed by atoms with E-state index in [0.29, 0.717) is 36.0 Å². The predicted octanol–water partition coefficient (Wildman–Crippen LogP) is 2.82. The van der Waals surface area contributed by atoms with E-state index >= 15 is 0 Å². The highest BCUT2D eigenvalue weighted by Crippen LogP contribution is 2.34. The third kappa shape index (κ3) is 4.67. The summed E-state index contributed by atoms with van der Waals surface area (Å²) in [5.41, 5.74) is 1.32. The molecule has 0 spiro atoms. The molecule has 6 nitrogen and oxygen atoms in total. The SMILES string of the molecule is CN(C)C(=O)COc1ccc(C(=O)/C=C/c2cccc3c2OCCO3)cc1. The monoisotopic (exact) mass is 367 g/mol. The molecule has 1 heterocycles. The molecule has 0 saturated heterocycles. The van der Waals surface area contributed by atoms with Gasteiger partial charge in [-0.15, -0.1) is 0 Å². The third-order valence-corrected chi connectivity index (χ3v) is 4.01. The number of likely N-dealkylation sites (N-methyl/N-ethyl adjacent to an activating group) is 1. The van der Waals surface area contributed by atoms with Crippen LogP contribution in [0.25, 0.3) is 6.08 Å². The molecule has 0 aromatic heterocycles. The van der Waals surface area contributed by atoms with Crippen molar-refractivity contribution in [3.05, 3.63) is 59.7 Å². The highest BCUT2D eigenvalue weighted by atomic mass is 16.6. The van der Waals surface area contributed by atoms with Gasteiger partial charge in [0.25, 0.3) is 5.91 Å². The van der Waals surface area contributed by atoms with Gasteiger partial charge in [-0.1, -0.05) is 12.1 Å². The summed E-state index contributed by atoms with van der Waals surface area (Å²) in [6.07, 6.45) is 3.22. The lowest BCUT2D eigenvalue weighted by atomic mass is 10.1. The summed E-state index contributed by atoms with van der Waals surface area (Å²) in [4.78, 5) is 25.4. The summed E-state index contributed by atoms with van der Waals surface area (Å²) in [5, 5.41) is 0. The normalized spacial score (nSPS) is 12.7. The van der Waals surface area contributed by atoms with Gasteiger partial charge in [0.2, 0.25) is 0 Å². The first-order valence-electron chi connectivity index (χ1n) is 8.58. The van der Waals surface area contributed by atoms with Crippen LogP contribution in [0.15, 0.2) is 48.5 Å². The fourth-order valence-electron chi connectivity index (χ4n) is 2.48. The number of hydrogen-bond donors (Lipinski definition) is 0. The Kier molecular flexibility index (Phi) is 5.76. The maximum atomic E-state index is 12.4. The number of fused-ring (bicyclic) bond motifs is 1. The first kappa shape index (κ1) is 18.5. The highest BCUT2D eigenvalue weighted by Gasteiger charge is 2.14. The highest BCUT2D eigenvalue weighted by molar-refractivity contribution is 6.07. The molecule has 2 aromatic carbocycles. The molecule has 6 heteroatoms. The number of amides is 1. The maximum absolute atomic E-state index is 12.4. The Morgan fingerprint density at radius 2 is 1.81 bits per heavy atom. The van der Waals surface area contributed by atoms with Crippen molar-refractivity contribution in [3.8, 4) is 17.2 Å². The van der Waals surface area contributed by atoms with Crippen molar-refractivity contribution in [2.75, 3.05) is 33.9 Å². The van der Waals surface area contributed by atoms with E-state index in [2.05, 4.69) is 0 Å². The van der Waals surface area contributed by atoms with E-state index in [-0.39, 0.29) is 18.3 Å². The van der Waals surface area contributed by atoms with E-state index in [1.165, 1.54) is 11.0 Å². The van der Waals surface area contributed by atoms with Crippen LogP contribution in [0.2, 0.25) is 0 Å². The smallest absolute Gasteiger partial charge is 0.259 e. The Morgan fingerprint density at radius 3 is 2.56 bits per heavy atom. The molecule has 0 radical (unpaired) electrons. The summed E-state index contributed by atoms with van der Waals surface area (Å²) < 4.78 is 16.6. The zero-order valence-electron chi connectivity index (χ0n) is 15.3. The van der Waals surface area contributed by atoms with Crippen LogP contribution in [-0.4, -0.2) is 50.5 Å². The Hall–Kier alpha value is -3.28. The summed E-state index contributed by atoms with van der Waals surface area (Å²) >= 11 is 0. The van der Waals surface area contributed by atoms with Crippen LogP contribution >= 0.6 is 0 Å². The molecule has 0 atom stereocenters. The van der Waals surface area contributed by atoms with Gasteiger partial charge in [0.05, 0.1) is 0 Å². The quantitative estimate of drug-likeness (QED) is 0.580. The summed E-state index contributed by atoms with van der Waals surface area (Å²) in [5.74, 6) is 1.61. The van der Waals surface area contributed by atoms with Gasteiger partial charge in [-0.25, -0.2) is 0 Å². The number of allylic oxidation sites excluding steroid dienone is 1. The number of hydrogen-bond acceptors (Lipinski definition) is 5. The minimum atomic E-state index is -0.139. The van der Waals surface area contributed by atoms with Gasteiger partial charge < -0.3 is 19.1 Å². The second-order valence-corrected chi connectivity index (χ2v) is 6.17. The van der Waals surface area contributed by atoms with E-state index in [0.717, 1.165) is 5.56 Å². The topological polar surface area (TPSA) is 65.1 Å². The van der Waals surface area contributed by atoms with Crippen molar-refractivity contribution < 1.29 is 23.8 Å². The number of para-hydroxylation sites is 1. The van der Waals surface area contributed by atoms with Crippen molar-refractivity contribution in [1.82, 2.24) is 4.90 Å². The van der Waals surface area contributed by atoms with Crippen LogP contribution < -0.4 is 14.2 Å². The van der Waals surface area contributed by atoms with Crippen LogP contribution in [0.3, 0.4) is 0 Å². The zero-order chi connectivity index (χ0) is 19.2. The Bertz CT molecular complexity index is 855. The van der Waals surface area contributed by atoms with Crippen LogP contribution in [0.1, 0.15) is 15.9 Å². The molecule has 0 fully saturated rings. The molecule has 2 aromatic rings. The molecule has 0 N–H and O–H groups in total. The van der Waals surface area contributed by atoms with Crippen LogP contribution in [0.5, 0.6) is 17.2 Å². The van der Waals surface area contributed by atoms with E-state index in [4.69, 9.17) is 14.2 Å². The number of rotatable bonds is 6. The number of carbonyl (C=O) groups is 2. The minimum Gasteiger partial charge on any atom is -0.486 e. The fraction of sp³-hybridized carbons (Fsp3) is 0.238. The van der Waals surface area contributed by atoms with E-state index in [9.17, 15) is 9.59 Å². The summed E-state index contributed by atoms with van der Waals surface area (Å²) in [6.45, 7) is 0.971. The zero-order valence-corrected chi connectivity index (χ0v) is 15.3. The maximum Gasteiger partial charge on any atom is 0.259 e. The van der Waals surface area contributed by atoms with Crippen molar-refractivity contribution in [2.24, 2.45) is 0 Å². The van der Waals surface area contributed by atoms with E-state index in [1.807, 2.05) is 18.2 Å². The van der Waals surface area contributed by atoms with E-state index in [1.54, 1.807) is 44.4 Å². The molecular formula is C21H21NO5. The molecule has 1 amide bonds. The van der Waals surface area contributed by atoms with Crippen LogP contribution in [-0.2, 0) is 4.79 Å². The lowest BCUT2D eigenvalue weighted by molar-refractivity contribution is -0.130. The molecule has 1 aliphatic rings. The molecule has 0 bridgehead atoms. The fourth-order valence-corrected chi connectivity index (χ4v) is 2.48. The van der Waals surface area contributed by atoms with Gasteiger partial charge in [-0.3, -0.25) is 9.59 Å². The minimum absolute atomic E-state index is 0.0403. The lowest BCUT2D eigenvalue weighted by Gasteiger charge is -2.19. The van der Waals surface area contributed by atoms with Gasteiger partial charge in [-0.05, 0) is 42.5 Å². The molecule has 0 aliphatic carbocycles. The van der Waals surface area contributed by atoms with Gasteiger partial charge in [0.1, 0.15) is 19.0 Å². The molecular weight excluding hydrogens is 346 g/mol. The Morgan fingerprint density at radius 1 is 1.07 bits per heavy atom. The summed E-state index contributed by atoms with van der Waals surface area (Å²) in [7, 11) is 3.33. The molecule has 140 valence electrons. The number of ketones is 1. The molecule has 3 rings (SSSR count). The van der Waals surface area contributed by atoms with Gasteiger partial charge >= 0.3 is 0 Å². The molecule has 1 aliphatic heterocycles. The molecule has 27 heavy (non-hydrogen) atoms. The van der Waals surface area contributed by atoms with Crippen molar-refractivity contribution in [1.29, 1.82) is 0 Å². The Balaban J connectivity index is 1.65. The predicted molar refractivity (Wildman–Crippen MR) is 101 cm³/mol. The van der Waals surface area contributed by atoms with Crippen LogP contribution in [0.4, 0.5) is 0 Å². The third-order valence-electron chi connectivity index (χ3n) is 4.01. The standard InChI is InChI=1S/C21H21NO5/c1-22(2)20(24)14-27-17-9-6-15(7-10-17)18(23)11-8-16-4-3-5-19-21(16)26-13-12-25-19/h3-11H,12-14H2,1-2H3/b11-8+. The average molecular weight is 367 g/mol. The molecule has 0 unspecified atom stereocenters. The number of nitrogens with zero attached hydrogens (tertiary/aromatic N) is 1. The Labute approximate surface area is 158 Å². The van der Waals surface area contributed by atoms with Gasteiger partial charge in [0, 0.05) is 25.2 Å². The number of carbonyl (C=O) groups excluding carboxylic acids is 2. The first-order chi connectivity index (χ1) is 13.0. The van der Waals surface area contributed by atoms with Gasteiger partial charge in [0.15, 0.2) is 23.9 Å². The second-order valence-electron chi connectivity index (χ2n) is 6.17. The van der Waals surface area contributed by atoms with Crippen molar-refractivity contribution in [3.63, 3.8) is 0 Å². The number of benzene rings is 2. The average Bonchev–Trinajstić information content (AvgIpc) is 2.70. The largest absolute Gasteiger partial charge is 0.486 e. The lowest BCUT2D eigenvalue weighted by Crippen LogP contribution is -2.27. The van der Waals surface area contributed by atoms with Gasteiger partial charge in [-0.2, -0.15) is 0 Å². The van der Waals surface area contributed by atoms with Crippen LogP contribution in [0, 0.1) is 0 Å². The van der Waals surface area contributed by atoms with Crippen molar-refractivity contribution in [2.45, 2.75) is 0 Å². The van der Waals surface area contributed by atoms with E-state index < -0.39 is 0 Å². The van der Waals surface area contributed by atoms with Crippen molar-refractivity contribution >= 4 is 17.8 Å². The second kappa shape index (κ2) is 8.40. The summed E-state index contributed by atoms with van der Waals surface area (Å²) in [6, 6.07) is 12.3.